The molecule has 1 heterocycles. The molecule has 2 rings (SSSR count). The zero-order valence-corrected chi connectivity index (χ0v) is 13.1. The lowest BCUT2D eigenvalue weighted by Crippen LogP contribution is -2.32. The number of aliphatic carboxylic acids is 1. The number of fused-ring (bicyclic) bond motifs is 1. The van der Waals surface area contributed by atoms with Gasteiger partial charge in [0.2, 0.25) is 0 Å². The number of aromatic nitrogens is 2. The number of carbonyl (C=O) groups is 1. The van der Waals surface area contributed by atoms with Gasteiger partial charge < -0.3 is 9.84 Å². The Morgan fingerprint density at radius 1 is 1.43 bits per heavy atom. The molecule has 1 aromatic rings. The molecule has 0 spiro atoms. The van der Waals surface area contributed by atoms with Crippen LogP contribution < -0.4 is 0 Å². The SMILES string of the molecule is CCOC(CC)(CC)c1ncc2c(n1)CCC(C(=O)O)C2. The maximum atomic E-state index is 11.1. The van der Waals surface area contributed by atoms with Crippen molar-refractivity contribution in [3.63, 3.8) is 0 Å². The van der Waals surface area contributed by atoms with Crippen LogP contribution in [0.5, 0.6) is 0 Å². The Hall–Kier alpha value is -1.49. The van der Waals surface area contributed by atoms with E-state index in [1.165, 1.54) is 0 Å². The van der Waals surface area contributed by atoms with Crippen LogP contribution in [0, 0.1) is 5.92 Å². The van der Waals surface area contributed by atoms with Crippen LogP contribution in [0.25, 0.3) is 0 Å². The van der Waals surface area contributed by atoms with Crippen molar-refractivity contribution < 1.29 is 14.6 Å². The minimum Gasteiger partial charge on any atom is -0.481 e. The first-order valence-corrected chi connectivity index (χ1v) is 7.78. The van der Waals surface area contributed by atoms with Crippen molar-refractivity contribution in [3.8, 4) is 0 Å². The first-order valence-electron chi connectivity index (χ1n) is 7.78. The van der Waals surface area contributed by atoms with Crippen molar-refractivity contribution in [2.75, 3.05) is 6.61 Å². The number of hydrogen-bond donors (Lipinski definition) is 1. The second kappa shape index (κ2) is 6.52. The molecule has 0 aromatic carbocycles. The first-order chi connectivity index (χ1) is 10.1. The summed E-state index contributed by atoms with van der Waals surface area (Å²) in [6.45, 7) is 6.78. The minimum atomic E-state index is -0.726. The fraction of sp³-hybridized carbons (Fsp3) is 0.688. The zero-order chi connectivity index (χ0) is 15.5. The van der Waals surface area contributed by atoms with Crippen LogP contribution in [0.2, 0.25) is 0 Å². The molecule has 1 aliphatic rings. The van der Waals surface area contributed by atoms with Gasteiger partial charge in [-0.2, -0.15) is 0 Å². The van der Waals surface area contributed by atoms with Crippen LogP contribution in [0.1, 0.15) is 57.1 Å². The average Bonchev–Trinajstić information content (AvgIpc) is 2.51. The zero-order valence-electron chi connectivity index (χ0n) is 13.1. The molecule has 0 amide bonds. The Balaban J connectivity index is 2.31. The quantitative estimate of drug-likeness (QED) is 0.872. The molecule has 1 aliphatic carbocycles. The van der Waals surface area contributed by atoms with Gasteiger partial charge in [-0.25, -0.2) is 9.97 Å². The monoisotopic (exact) mass is 292 g/mol. The van der Waals surface area contributed by atoms with Gasteiger partial charge in [0, 0.05) is 18.5 Å². The summed E-state index contributed by atoms with van der Waals surface area (Å²) in [5, 5.41) is 9.13. The van der Waals surface area contributed by atoms with Crippen molar-refractivity contribution in [2.24, 2.45) is 5.92 Å². The lowest BCUT2D eigenvalue weighted by atomic mass is 9.87. The molecular weight excluding hydrogens is 268 g/mol. The van der Waals surface area contributed by atoms with E-state index in [0.29, 0.717) is 25.9 Å². The summed E-state index contributed by atoms with van der Waals surface area (Å²) in [6.07, 6.45) is 5.34. The molecule has 5 nitrogen and oxygen atoms in total. The van der Waals surface area contributed by atoms with Crippen LogP contribution in [0.4, 0.5) is 0 Å². The molecule has 21 heavy (non-hydrogen) atoms. The van der Waals surface area contributed by atoms with E-state index in [1.54, 1.807) is 6.20 Å². The Kier molecular flexibility index (Phi) is 4.93. The predicted octanol–water partition coefficient (Wildman–Crippen LogP) is 2.72. The second-order valence-corrected chi connectivity index (χ2v) is 5.58. The van der Waals surface area contributed by atoms with Gasteiger partial charge in [-0.3, -0.25) is 4.79 Å². The van der Waals surface area contributed by atoms with Crippen molar-refractivity contribution in [2.45, 2.75) is 58.5 Å². The summed E-state index contributed by atoms with van der Waals surface area (Å²) in [5.41, 5.74) is 1.53. The van der Waals surface area contributed by atoms with Crippen molar-refractivity contribution in [3.05, 3.63) is 23.3 Å². The van der Waals surface area contributed by atoms with E-state index < -0.39 is 11.6 Å². The van der Waals surface area contributed by atoms with Gasteiger partial charge in [-0.1, -0.05) is 13.8 Å². The number of nitrogens with zero attached hydrogens (tertiary/aromatic N) is 2. The molecule has 1 unspecified atom stereocenters. The Bertz CT molecular complexity index is 512. The summed E-state index contributed by atoms with van der Waals surface area (Å²) in [6, 6.07) is 0. The summed E-state index contributed by atoms with van der Waals surface area (Å²) in [5.74, 6) is -0.293. The highest BCUT2D eigenvalue weighted by atomic mass is 16.5. The third-order valence-corrected chi connectivity index (χ3v) is 4.47. The summed E-state index contributed by atoms with van der Waals surface area (Å²) < 4.78 is 5.95. The molecule has 1 N–H and O–H groups in total. The molecular formula is C16H24N2O3. The summed E-state index contributed by atoms with van der Waals surface area (Å²) >= 11 is 0. The maximum absolute atomic E-state index is 11.1. The molecule has 0 aliphatic heterocycles. The minimum absolute atomic E-state index is 0.305. The standard InChI is InChI=1S/C16H24N2O3/c1-4-16(5-2,21-6-3)15-17-10-12-9-11(14(19)20)7-8-13(12)18-15/h10-11H,4-9H2,1-3H3,(H,19,20). The summed E-state index contributed by atoms with van der Waals surface area (Å²) in [7, 11) is 0. The first kappa shape index (κ1) is 15.9. The van der Waals surface area contributed by atoms with Gasteiger partial charge in [0.05, 0.1) is 5.92 Å². The van der Waals surface area contributed by atoms with Gasteiger partial charge in [-0.05, 0) is 44.6 Å². The molecule has 0 radical (unpaired) electrons. The number of aryl methyl sites for hydroxylation is 1. The van der Waals surface area contributed by atoms with Crippen LogP contribution in [0.15, 0.2) is 6.20 Å². The van der Waals surface area contributed by atoms with E-state index in [9.17, 15) is 4.79 Å². The van der Waals surface area contributed by atoms with E-state index in [2.05, 4.69) is 18.8 Å². The van der Waals surface area contributed by atoms with Crippen molar-refractivity contribution >= 4 is 5.97 Å². The second-order valence-electron chi connectivity index (χ2n) is 5.58. The lowest BCUT2D eigenvalue weighted by molar-refractivity contribution is -0.142. The maximum Gasteiger partial charge on any atom is 0.306 e. The van der Waals surface area contributed by atoms with Crippen molar-refractivity contribution in [1.29, 1.82) is 0 Å². The number of rotatable bonds is 6. The van der Waals surface area contributed by atoms with E-state index in [0.717, 1.165) is 29.9 Å². The Morgan fingerprint density at radius 3 is 2.71 bits per heavy atom. The van der Waals surface area contributed by atoms with Crippen molar-refractivity contribution in [1.82, 2.24) is 9.97 Å². The predicted molar refractivity (Wildman–Crippen MR) is 79.1 cm³/mol. The molecule has 0 saturated heterocycles. The fourth-order valence-corrected chi connectivity index (χ4v) is 3.05. The summed E-state index contributed by atoms with van der Waals surface area (Å²) in [4.78, 5) is 20.3. The van der Waals surface area contributed by atoms with E-state index in [-0.39, 0.29) is 5.92 Å². The number of carboxylic acids is 1. The molecule has 5 heteroatoms. The third-order valence-electron chi connectivity index (χ3n) is 4.47. The van der Waals surface area contributed by atoms with Gasteiger partial charge in [0.1, 0.15) is 5.60 Å². The molecule has 1 atom stereocenters. The van der Waals surface area contributed by atoms with E-state index in [4.69, 9.17) is 14.8 Å². The Morgan fingerprint density at radius 2 is 2.14 bits per heavy atom. The lowest BCUT2D eigenvalue weighted by Gasteiger charge is -2.31. The number of carboxylic acid groups (broad SMARTS) is 1. The highest BCUT2D eigenvalue weighted by Gasteiger charge is 2.34. The molecule has 0 saturated carbocycles. The molecule has 0 fully saturated rings. The van der Waals surface area contributed by atoms with Gasteiger partial charge >= 0.3 is 5.97 Å². The van der Waals surface area contributed by atoms with Crippen LogP contribution >= 0.6 is 0 Å². The van der Waals surface area contributed by atoms with Gasteiger partial charge in [0.15, 0.2) is 5.82 Å². The smallest absolute Gasteiger partial charge is 0.306 e. The van der Waals surface area contributed by atoms with Gasteiger partial charge in [-0.15, -0.1) is 0 Å². The normalized spacial score (nSPS) is 18.3. The third kappa shape index (κ3) is 3.07. The highest BCUT2D eigenvalue weighted by molar-refractivity contribution is 5.70. The largest absolute Gasteiger partial charge is 0.481 e. The molecule has 116 valence electrons. The topological polar surface area (TPSA) is 72.3 Å². The number of hydrogen-bond acceptors (Lipinski definition) is 4. The van der Waals surface area contributed by atoms with Crippen LogP contribution in [-0.4, -0.2) is 27.7 Å². The molecule has 1 aromatic heterocycles. The van der Waals surface area contributed by atoms with Gasteiger partial charge in [0.25, 0.3) is 0 Å². The Labute approximate surface area is 125 Å². The van der Waals surface area contributed by atoms with E-state index in [1.807, 2.05) is 6.92 Å². The van der Waals surface area contributed by atoms with Crippen LogP contribution in [0.3, 0.4) is 0 Å². The molecule has 0 bridgehead atoms. The van der Waals surface area contributed by atoms with E-state index >= 15 is 0 Å². The fourth-order valence-electron chi connectivity index (χ4n) is 3.05. The van der Waals surface area contributed by atoms with Crippen LogP contribution in [-0.2, 0) is 28.0 Å². The average molecular weight is 292 g/mol. The number of ether oxygens (including phenoxy) is 1. The highest BCUT2D eigenvalue weighted by Crippen LogP contribution is 2.32.